The van der Waals surface area contributed by atoms with Gasteiger partial charge < -0.3 is 5.11 Å². The van der Waals surface area contributed by atoms with Crippen LogP contribution in [-0.2, 0) is 0 Å². The number of hydrogen-bond donors (Lipinski definition) is 1. The molecule has 9 heavy (non-hydrogen) atoms. The average Bonchev–Trinajstić information content (AvgIpc) is 1.87. The normalized spacial score (nSPS) is 15.8. The first-order valence-electron chi connectivity index (χ1n) is 3.50. The quantitative estimate of drug-likeness (QED) is 0.577. The van der Waals surface area contributed by atoms with Gasteiger partial charge in [0.25, 0.3) is 0 Å². The molecule has 0 aromatic carbocycles. The van der Waals surface area contributed by atoms with Gasteiger partial charge in [0.05, 0.1) is 6.10 Å². The Morgan fingerprint density at radius 1 is 1.67 bits per heavy atom. The van der Waals surface area contributed by atoms with Gasteiger partial charge in [0, 0.05) is 0 Å². The first-order valence-corrected chi connectivity index (χ1v) is 3.50. The van der Waals surface area contributed by atoms with E-state index in [9.17, 15) is 0 Å². The summed E-state index contributed by atoms with van der Waals surface area (Å²) in [5.41, 5.74) is 1.27. The molecule has 0 saturated carbocycles. The Morgan fingerprint density at radius 3 is 2.56 bits per heavy atom. The van der Waals surface area contributed by atoms with E-state index in [1.807, 2.05) is 26.8 Å². The highest BCUT2D eigenvalue weighted by atomic mass is 16.3. The molecule has 0 amide bonds. The van der Waals surface area contributed by atoms with Crippen LogP contribution in [0.5, 0.6) is 0 Å². The smallest absolute Gasteiger partial charge is 0.0574 e. The number of hydrogen-bond acceptors (Lipinski definition) is 1. The van der Waals surface area contributed by atoms with Crippen molar-refractivity contribution in [2.45, 2.75) is 39.7 Å². The van der Waals surface area contributed by atoms with Crippen LogP contribution in [-0.4, -0.2) is 11.2 Å². The lowest BCUT2D eigenvalue weighted by Gasteiger charge is -2.05. The molecule has 0 aliphatic carbocycles. The zero-order valence-electron chi connectivity index (χ0n) is 6.52. The molecule has 0 aromatic heterocycles. The Kier molecular flexibility index (Phi) is 4.41. The largest absolute Gasteiger partial charge is 0.393 e. The van der Waals surface area contributed by atoms with Gasteiger partial charge in [-0.25, -0.2) is 0 Å². The Balaban J connectivity index is 3.47. The van der Waals surface area contributed by atoms with Gasteiger partial charge in [-0.3, -0.25) is 0 Å². The van der Waals surface area contributed by atoms with E-state index in [-0.39, 0.29) is 6.10 Å². The van der Waals surface area contributed by atoms with Crippen molar-refractivity contribution in [2.75, 3.05) is 0 Å². The maximum Gasteiger partial charge on any atom is 0.0574 e. The van der Waals surface area contributed by atoms with E-state index in [1.165, 1.54) is 5.57 Å². The van der Waals surface area contributed by atoms with Gasteiger partial charge in [-0.1, -0.05) is 18.6 Å². The molecule has 0 aliphatic rings. The summed E-state index contributed by atoms with van der Waals surface area (Å²) in [5.74, 6) is 0. The molecule has 0 fully saturated rings. The molecule has 0 bridgehead atoms. The van der Waals surface area contributed by atoms with Crippen LogP contribution >= 0.6 is 0 Å². The molecular formula is C8H16O. The molecule has 0 rings (SSSR count). The molecule has 0 unspecified atom stereocenters. The Hall–Kier alpha value is -0.300. The molecule has 0 saturated heterocycles. The van der Waals surface area contributed by atoms with E-state index < -0.39 is 0 Å². The third-order valence-corrected chi connectivity index (χ3v) is 1.52. The van der Waals surface area contributed by atoms with Crippen molar-refractivity contribution >= 4 is 0 Å². The average molecular weight is 128 g/mol. The van der Waals surface area contributed by atoms with Gasteiger partial charge >= 0.3 is 0 Å². The molecular weight excluding hydrogens is 112 g/mol. The summed E-state index contributed by atoms with van der Waals surface area (Å²) in [5, 5.41) is 9.12. The fourth-order valence-electron chi connectivity index (χ4n) is 0.634. The maximum atomic E-state index is 9.12. The second-order valence-corrected chi connectivity index (χ2v) is 2.40. The summed E-state index contributed by atoms with van der Waals surface area (Å²) in [6, 6.07) is 0. The second kappa shape index (κ2) is 4.57. The fraction of sp³-hybridized carbons (Fsp3) is 0.750. The minimum atomic E-state index is -0.138. The van der Waals surface area contributed by atoms with E-state index in [0.717, 1.165) is 12.8 Å². The summed E-state index contributed by atoms with van der Waals surface area (Å²) >= 11 is 0. The second-order valence-electron chi connectivity index (χ2n) is 2.40. The molecule has 1 heteroatoms. The van der Waals surface area contributed by atoms with Crippen molar-refractivity contribution in [3.63, 3.8) is 0 Å². The Bertz CT molecular complexity index is 94.7. The lowest BCUT2D eigenvalue weighted by atomic mass is 10.1. The number of aliphatic hydroxyl groups is 1. The van der Waals surface area contributed by atoms with Gasteiger partial charge in [0.15, 0.2) is 0 Å². The predicted octanol–water partition coefficient (Wildman–Crippen LogP) is 2.11. The fourth-order valence-corrected chi connectivity index (χ4v) is 0.634. The van der Waals surface area contributed by atoms with Crippen LogP contribution in [0.25, 0.3) is 0 Å². The zero-order valence-corrected chi connectivity index (χ0v) is 6.52. The predicted molar refractivity (Wildman–Crippen MR) is 40.3 cm³/mol. The maximum absolute atomic E-state index is 9.12. The molecule has 1 nitrogen and oxygen atoms in total. The monoisotopic (exact) mass is 128 g/mol. The molecule has 0 radical (unpaired) electrons. The number of allylic oxidation sites excluding steroid dienone is 1. The summed E-state index contributed by atoms with van der Waals surface area (Å²) in [6.45, 7) is 6.03. The van der Waals surface area contributed by atoms with E-state index >= 15 is 0 Å². The van der Waals surface area contributed by atoms with Crippen LogP contribution in [0.4, 0.5) is 0 Å². The lowest BCUT2D eigenvalue weighted by Crippen LogP contribution is -2.03. The highest BCUT2D eigenvalue weighted by Crippen LogP contribution is 2.05. The van der Waals surface area contributed by atoms with Gasteiger partial charge in [-0.05, 0) is 26.7 Å². The lowest BCUT2D eigenvalue weighted by molar-refractivity contribution is 0.170. The van der Waals surface area contributed by atoms with Gasteiger partial charge in [0.1, 0.15) is 0 Å². The minimum Gasteiger partial charge on any atom is -0.393 e. The van der Waals surface area contributed by atoms with Crippen LogP contribution in [0.3, 0.4) is 0 Å². The highest BCUT2D eigenvalue weighted by molar-refractivity contribution is 4.96. The number of rotatable bonds is 3. The molecule has 0 aromatic rings. The minimum absolute atomic E-state index is 0.138. The van der Waals surface area contributed by atoms with Gasteiger partial charge in [-0.15, -0.1) is 0 Å². The van der Waals surface area contributed by atoms with Crippen molar-refractivity contribution in [3.05, 3.63) is 11.6 Å². The molecule has 0 heterocycles. The van der Waals surface area contributed by atoms with Gasteiger partial charge in [0.2, 0.25) is 0 Å². The first-order chi connectivity index (χ1) is 4.20. The van der Waals surface area contributed by atoms with Crippen LogP contribution in [0, 0.1) is 0 Å². The topological polar surface area (TPSA) is 20.2 Å². The van der Waals surface area contributed by atoms with Crippen molar-refractivity contribution in [1.82, 2.24) is 0 Å². The van der Waals surface area contributed by atoms with Crippen LogP contribution in [0.1, 0.15) is 33.6 Å². The number of aliphatic hydroxyl groups excluding tert-OH is 1. The Morgan fingerprint density at radius 2 is 2.22 bits per heavy atom. The molecule has 54 valence electrons. The summed E-state index contributed by atoms with van der Waals surface area (Å²) in [4.78, 5) is 0. The zero-order chi connectivity index (χ0) is 7.28. The molecule has 1 atom stereocenters. The van der Waals surface area contributed by atoms with Crippen molar-refractivity contribution in [2.24, 2.45) is 0 Å². The summed E-state index contributed by atoms with van der Waals surface area (Å²) < 4.78 is 0. The molecule has 1 N–H and O–H groups in total. The van der Waals surface area contributed by atoms with E-state index in [4.69, 9.17) is 5.11 Å². The van der Waals surface area contributed by atoms with E-state index in [2.05, 4.69) is 0 Å². The Labute approximate surface area is 57.4 Å². The van der Waals surface area contributed by atoms with Crippen LogP contribution in [0.2, 0.25) is 0 Å². The van der Waals surface area contributed by atoms with Crippen LogP contribution in [0.15, 0.2) is 11.6 Å². The van der Waals surface area contributed by atoms with Crippen molar-refractivity contribution < 1.29 is 5.11 Å². The third-order valence-electron chi connectivity index (χ3n) is 1.52. The highest BCUT2D eigenvalue weighted by Gasteiger charge is 1.98. The molecule has 0 spiro atoms. The van der Waals surface area contributed by atoms with E-state index in [1.54, 1.807) is 0 Å². The van der Waals surface area contributed by atoms with Gasteiger partial charge in [-0.2, -0.15) is 0 Å². The standard InChI is InChI=1S/C8H16O/c1-4-7(3)6-8(9)5-2/h4,8-9H,5-6H2,1-3H3/b7-4-/t8-/m1/s1. The summed E-state index contributed by atoms with van der Waals surface area (Å²) in [6.07, 6.45) is 3.58. The third kappa shape index (κ3) is 4.22. The molecule has 0 aliphatic heterocycles. The van der Waals surface area contributed by atoms with E-state index in [0.29, 0.717) is 0 Å². The first kappa shape index (κ1) is 8.70. The van der Waals surface area contributed by atoms with Crippen molar-refractivity contribution in [3.8, 4) is 0 Å². The van der Waals surface area contributed by atoms with Crippen molar-refractivity contribution in [1.29, 1.82) is 0 Å². The SMILES string of the molecule is C/C=C(/C)C[C@H](O)CC. The summed E-state index contributed by atoms with van der Waals surface area (Å²) in [7, 11) is 0. The van der Waals surface area contributed by atoms with Crippen LogP contribution < -0.4 is 0 Å².